The number of nitrogens with one attached hydrogen (secondary N) is 1. The summed E-state index contributed by atoms with van der Waals surface area (Å²) in [6.07, 6.45) is 3.36. The van der Waals surface area contributed by atoms with Crippen LogP contribution in [0.5, 0.6) is 0 Å². The number of aromatic nitrogens is 4. The average Bonchev–Trinajstić information content (AvgIpc) is 3.16. The third kappa shape index (κ3) is 3.08. The zero-order chi connectivity index (χ0) is 15.5. The molecule has 22 heavy (non-hydrogen) atoms. The standard InChI is InChI=1S/C15H20N6O/c1-3-15(22)20-8-7-12(10-20)16-13-4-5-14(18-17-13)21-9-6-11(2)19-21/h4-6,9,12H,3,7-8,10H2,1-2H3,(H,16,17). The van der Waals surface area contributed by atoms with Gasteiger partial charge in [0.1, 0.15) is 5.82 Å². The predicted molar refractivity (Wildman–Crippen MR) is 82.8 cm³/mol. The first kappa shape index (κ1) is 14.5. The van der Waals surface area contributed by atoms with Crippen molar-refractivity contribution < 1.29 is 4.79 Å². The summed E-state index contributed by atoms with van der Waals surface area (Å²) < 4.78 is 1.70. The van der Waals surface area contributed by atoms with Crippen LogP contribution in [-0.4, -0.2) is 49.9 Å². The first-order chi connectivity index (χ1) is 10.7. The van der Waals surface area contributed by atoms with E-state index < -0.39 is 0 Å². The van der Waals surface area contributed by atoms with Gasteiger partial charge in [-0.05, 0) is 31.5 Å². The Kier molecular flexibility index (Phi) is 4.04. The Bertz CT molecular complexity index is 650. The summed E-state index contributed by atoms with van der Waals surface area (Å²) in [6.45, 7) is 5.37. The van der Waals surface area contributed by atoms with Gasteiger partial charge in [-0.2, -0.15) is 5.10 Å². The molecule has 2 aromatic rings. The van der Waals surface area contributed by atoms with E-state index in [2.05, 4.69) is 20.6 Å². The van der Waals surface area contributed by atoms with Crippen LogP contribution in [0.25, 0.3) is 5.82 Å². The highest BCUT2D eigenvalue weighted by atomic mass is 16.2. The molecule has 0 aliphatic carbocycles. The molecule has 0 aromatic carbocycles. The molecular formula is C15H20N6O. The molecule has 0 radical (unpaired) electrons. The summed E-state index contributed by atoms with van der Waals surface area (Å²) in [4.78, 5) is 13.6. The van der Waals surface area contributed by atoms with Gasteiger partial charge in [0.15, 0.2) is 5.82 Å². The van der Waals surface area contributed by atoms with Crippen LogP contribution in [0.1, 0.15) is 25.5 Å². The van der Waals surface area contributed by atoms with Crippen LogP contribution in [0, 0.1) is 6.92 Å². The molecule has 116 valence electrons. The maximum atomic E-state index is 11.7. The third-order valence-corrected chi connectivity index (χ3v) is 3.80. The molecule has 0 spiro atoms. The highest BCUT2D eigenvalue weighted by Gasteiger charge is 2.25. The van der Waals surface area contributed by atoms with Crippen LogP contribution in [-0.2, 0) is 4.79 Å². The van der Waals surface area contributed by atoms with Crippen molar-refractivity contribution in [2.75, 3.05) is 18.4 Å². The molecule has 7 nitrogen and oxygen atoms in total. The van der Waals surface area contributed by atoms with Crippen molar-refractivity contribution in [3.8, 4) is 5.82 Å². The van der Waals surface area contributed by atoms with Gasteiger partial charge < -0.3 is 10.2 Å². The number of rotatable bonds is 4. The lowest BCUT2D eigenvalue weighted by atomic mass is 10.2. The van der Waals surface area contributed by atoms with E-state index in [1.54, 1.807) is 4.68 Å². The van der Waals surface area contributed by atoms with Crippen molar-refractivity contribution in [1.82, 2.24) is 24.9 Å². The van der Waals surface area contributed by atoms with Gasteiger partial charge in [0.2, 0.25) is 5.91 Å². The van der Waals surface area contributed by atoms with E-state index in [0.717, 1.165) is 31.0 Å². The summed E-state index contributed by atoms with van der Waals surface area (Å²) >= 11 is 0. The Balaban J connectivity index is 1.61. The maximum Gasteiger partial charge on any atom is 0.222 e. The lowest BCUT2D eigenvalue weighted by Crippen LogP contribution is -2.31. The van der Waals surface area contributed by atoms with Crippen molar-refractivity contribution >= 4 is 11.7 Å². The van der Waals surface area contributed by atoms with Crippen molar-refractivity contribution in [2.24, 2.45) is 0 Å². The molecule has 2 aromatic heterocycles. The lowest BCUT2D eigenvalue weighted by Gasteiger charge is -2.16. The first-order valence-corrected chi connectivity index (χ1v) is 7.56. The van der Waals surface area contributed by atoms with Gasteiger partial charge in [0.05, 0.1) is 5.69 Å². The Morgan fingerprint density at radius 3 is 2.86 bits per heavy atom. The second-order valence-corrected chi connectivity index (χ2v) is 5.50. The fraction of sp³-hybridized carbons (Fsp3) is 0.467. The van der Waals surface area contributed by atoms with Crippen LogP contribution in [0.15, 0.2) is 24.4 Å². The zero-order valence-electron chi connectivity index (χ0n) is 12.9. The van der Waals surface area contributed by atoms with Gasteiger partial charge >= 0.3 is 0 Å². The fourth-order valence-corrected chi connectivity index (χ4v) is 2.60. The van der Waals surface area contributed by atoms with E-state index >= 15 is 0 Å². The van der Waals surface area contributed by atoms with E-state index in [4.69, 9.17) is 0 Å². The molecule has 1 atom stereocenters. The van der Waals surface area contributed by atoms with E-state index in [1.165, 1.54) is 0 Å². The van der Waals surface area contributed by atoms with Gasteiger partial charge in [-0.3, -0.25) is 4.79 Å². The summed E-state index contributed by atoms with van der Waals surface area (Å²) in [5.41, 5.74) is 0.940. The first-order valence-electron chi connectivity index (χ1n) is 7.56. The minimum Gasteiger partial charge on any atom is -0.364 e. The molecule has 0 bridgehead atoms. The second kappa shape index (κ2) is 6.13. The van der Waals surface area contributed by atoms with Crippen molar-refractivity contribution in [1.29, 1.82) is 0 Å². The fourth-order valence-electron chi connectivity index (χ4n) is 2.60. The van der Waals surface area contributed by atoms with Gasteiger partial charge in [0.25, 0.3) is 0 Å². The maximum absolute atomic E-state index is 11.7. The molecule has 1 saturated heterocycles. The van der Waals surface area contributed by atoms with Crippen LogP contribution in [0.3, 0.4) is 0 Å². The van der Waals surface area contributed by atoms with E-state index in [9.17, 15) is 4.79 Å². The number of hydrogen-bond acceptors (Lipinski definition) is 5. The van der Waals surface area contributed by atoms with E-state index in [1.807, 2.05) is 43.1 Å². The zero-order valence-corrected chi connectivity index (χ0v) is 12.9. The third-order valence-electron chi connectivity index (χ3n) is 3.80. The van der Waals surface area contributed by atoms with Crippen LogP contribution < -0.4 is 5.32 Å². The molecular weight excluding hydrogens is 280 g/mol. The van der Waals surface area contributed by atoms with Crippen LogP contribution in [0.4, 0.5) is 5.82 Å². The number of aryl methyl sites for hydroxylation is 1. The molecule has 0 saturated carbocycles. The highest BCUT2D eigenvalue weighted by Crippen LogP contribution is 2.15. The molecule has 3 heterocycles. The van der Waals surface area contributed by atoms with Crippen LogP contribution in [0.2, 0.25) is 0 Å². The Hall–Kier alpha value is -2.44. The normalized spacial score (nSPS) is 17.7. The monoisotopic (exact) mass is 300 g/mol. The highest BCUT2D eigenvalue weighted by molar-refractivity contribution is 5.76. The Labute approximate surface area is 129 Å². The number of hydrogen-bond donors (Lipinski definition) is 1. The molecule has 1 fully saturated rings. The summed E-state index contributed by atoms with van der Waals surface area (Å²) in [5, 5.41) is 16.0. The van der Waals surface area contributed by atoms with Crippen molar-refractivity contribution in [2.45, 2.75) is 32.7 Å². The number of nitrogens with zero attached hydrogens (tertiary/aromatic N) is 5. The Morgan fingerprint density at radius 2 is 2.23 bits per heavy atom. The molecule has 1 amide bonds. The second-order valence-electron chi connectivity index (χ2n) is 5.50. The number of anilines is 1. The Morgan fingerprint density at radius 1 is 1.36 bits per heavy atom. The molecule has 1 aliphatic heterocycles. The average molecular weight is 300 g/mol. The van der Waals surface area contributed by atoms with Crippen molar-refractivity contribution in [3.63, 3.8) is 0 Å². The molecule has 7 heteroatoms. The summed E-state index contributed by atoms with van der Waals surface area (Å²) in [7, 11) is 0. The number of amides is 1. The van der Waals surface area contributed by atoms with Gasteiger partial charge in [-0.25, -0.2) is 4.68 Å². The van der Waals surface area contributed by atoms with Gasteiger partial charge in [-0.15, -0.1) is 10.2 Å². The van der Waals surface area contributed by atoms with E-state index in [0.29, 0.717) is 12.2 Å². The summed E-state index contributed by atoms with van der Waals surface area (Å²) in [5.74, 6) is 1.62. The van der Waals surface area contributed by atoms with Crippen LogP contribution >= 0.6 is 0 Å². The largest absolute Gasteiger partial charge is 0.364 e. The number of likely N-dealkylation sites (tertiary alicyclic amines) is 1. The van der Waals surface area contributed by atoms with Crippen molar-refractivity contribution in [3.05, 3.63) is 30.1 Å². The lowest BCUT2D eigenvalue weighted by molar-refractivity contribution is -0.129. The number of carbonyl (C=O) groups excluding carboxylic acids is 1. The molecule has 1 aliphatic rings. The molecule has 1 unspecified atom stereocenters. The SMILES string of the molecule is CCC(=O)N1CCC(Nc2ccc(-n3ccc(C)n3)nn2)C1. The minimum absolute atomic E-state index is 0.208. The summed E-state index contributed by atoms with van der Waals surface area (Å²) in [6, 6.07) is 5.93. The molecule has 1 N–H and O–H groups in total. The minimum atomic E-state index is 0.208. The number of carbonyl (C=O) groups is 1. The smallest absolute Gasteiger partial charge is 0.222 e. The van der Waals surface area contributed by atoms with Gasteiger partial charge in [0, 0.05) is 31.7 Å². The van der Waals surface area contributed by atoms with E-state index in [-0.39, 0.29) is 11.9 Å². The molecule has 3 rings (SSSR count). The predicted octanol–water partition coefficient (Wildman–Crippen LogP) is 1.39. The topological polar surface area (TPSA) is 75.9 Å². The quantitative estimate of drug-likeness (QED) is 0.923. The van der Waals surface area contributed by atoms with Gasteiger partial charge in [-0.1, -0.05) is 6.92 Å².